The van der Waals surface area contributed by atoms with Crippen LogP contribution in [0.2, 0.25) is 0 Å². The number of carbonyl (C=O) groups is 4. The Morgan fingerprint density at radius 3 is 2.51 bits per heavy atom. The number of aromatic nitrogens is 4. The third kappa shape index (κ3) is 7.34. The fourth-order valence-corrected chi connectivity index (χ4v) is 8.24. The number of hydrogen-bond acceptors (Lipinski definition) is 9. The highest BCUT2D eigenvalue weighted by Crippen LogP contribution is 2.46. The van der Waals surface area contributed by atoms with E-state index < -0.39 is 41.6 Å². The largest absolute Gasteiger partial charge is 0.497 e. The standard InChI is InChI=1S/C36H44N8O6S/c1-50-26-15-13-22(14-16-26)29-30(32-37-17-18-51-32)42-44(41-29)25-19-28-31(45)40-36(34(47)48)20-23(36)9-5-3-2-4-6-12-27(33(46)43(28)21-25)39-35(49)38-24-10-7-8-11-24/h5,9,13-18,23-25,27-28H,2-4,6-8,10-12,19-21H2,1H3,(H,40,45)(H,47,48)(H2,38,39,49)/b9-5-/t23-,25+,27+,28+,36+/m1/s1. The van der Waals surface area contributed by atoms with Crippen LogP contribution < -0.4 is 20.7 Å². The van der Waals surface area contributed by atoms with Crippen molar-refractivity contribution in [2.24, 2.45) is 5.92 Å². The number of fused-ring (bicyclic) bond motifs is 2. The Bertz CT molecular complexity index is 1770. The number of ether oxygens (including phenoxy) is 1. The number of hydrogen-bond donors (Lipinski definition) is 4. The molecule has 270 valence electrons. The van der Waals surface area contributed by atoms with E-state index in [0.29, 0.717) is 35.0 Å². The molecule has 0 unspecified atom stereocenters. The van der Waals surface area contributed by atoms with Crippen molar-refractivity contribution < 1.29 is 29.0 Å². The molecule has 4 N–H and O–H groups in total. The van der Waals surface area contributed by atoms with Crippen LogP contribution in [0.5, 0.6) is 5.75 Å². The van der Waals surface area contributed by atoms with Crippen molar-refractivity contribution in [2.75, 3.05) is 13.7 Å². The fraction of sp³-hybridized carbons (Fsp3) is 0.528. The van der Waals surface area contributed by atoms with E-state index in [4.69, 9.17) is 14.9 Å². The molecule has 2 aliphatic heterocycles. The van der Waals surface area contributed by atoms with Crippen LogP contribution >= 0.6 is 11.3 Å². The molecule has 14 nitrogen and oxygen atoms in total. The summed E-state index contributed by atoms with van der Waals surface area (Å²) in [6.07, 6.45) is 13.5. The monoisotopic (exact) mass is 716 g/mol. The third-order valence-corrected chi connectivity index (χ3v) is 11.4. The van der Waals surface area contributed by atoms with Crippen molar-refractivity contribution in [1.29, 1.82) is 0 Å². The first-order chi connectivity index (χ1) is 24.8. The predicted octanol–water partition coefficient (Wildman–Crippen LogP) is 4.31. The highest BCUT2D eigenvalue weighted by Gasteiger charge is 2.61. The third-order valence-electron chi connectivity index (χ3n) is 10.6. The number of methoxy groups -OCH3 is 1. The van der Waals surface area contributed by atoms with E-state index in [-0.39, 0.29) is 37.3 Å². The summed E-state index contributed by atoms with van der Waals surface area (Å²) in [6, 6.07) is 4.74. The van der Waals surface area contributed by atoms with Crippen molar-refractivity contribution in [1.82, 2.24) is 40.8 Å². The number of aliphatic carboxylic acids is 1. The van der Waals surface area contributed by atoms with Gasteiger partial charge in [0, 0.05) is 42.1 Å². The number of nitrogens with one attached hydrogen (secondary N) is 3. The van der Waals surface area contributed by atoms with Crippen LogP contribution in [-0.2, 0) is 14.4 Å². The number of nitrogens with zero attached hydrogens (tertiary/aromatic N) is 5. The minimum atomic E-state index is -1.43. The Kier molecular flexibility index (Phi) is 10.1. The van der Waals surface area contributed by atoms with Gasteiger partial charge < -0.3 is 30.7 Å². The van der Waals surface area contributed by atoms with Crippen molar-refractivity contribution in [3.05, 3.63) is 48.0 Å². The maximum absolute atomic E-state index is 14.5. The van der Waals surface area contributed by atoms with Gasteiger partial charge in [0.15, 0.2) is 0 Å². The Labute approximate surface area is 300 Å². The summed E-state index contributed by atoms with van der Waals surface area (Å²) in [5.41, 5.74) is 0.523. The van der Waals surface area contributed by atoms with Gasteiger partial charge in [-0.2, -0.15) is 9.90 Å². The van der Waals surface area contributed by atoms with E-state index in [1.807, 2.05) is 41.8 Å². The molecule has 4 aliphatic rings. The zero-order valence-corrected chi connectivity index (χ0v) is 29.4. The Hall–Kier alpha value is -4.79. The van der Waals surface area contributed by atoms with E-state index in [1.54, 1.807) is 18.1 Å². The number of amides is 4. The number of carboxylic acid groups (broad SMARTS) is 1. The number of carbonyl (C=O) groups excluding carboxylic acids is 3. The molecule has 7 rings (SSSR count). The summed E-state index contributed by atoms with van der Waals surface area (Å²) >= 11 is 1.42. The average Bonchev–Trinajstić information content (AvgIpc) is 3.77. The molecule has 1 aromatic carbocycles. The molecular formula is C36H44N8O6S. The number of benzene rings is 1. The first kappa shape index (κ1) is 34.6. The van der Waals surface area contributed by atoms with Crippen molar-refractivity contribution in [3.63, 3.8) is 0 Å². The topological polar surface area (TPSA) is 181 Å². The van der Waals surface area contributed by atoms with Gasteiger partial charge in [-0.1, -0.05) is 37.8 Å². The lowest BCUT2D eigenvalue weighted by Crippen LogP contribution is -2.57. The van der Waals surface area contributed by atoms with E-state index in [0.717, 1.165) is 50.5 Å². The quantitative estimate of drug-likeness (QED) is 0.259. The lowest BCUT2D eigenvalue weighted by atomic mass is 10.0. The second-order valence-corrected chi connectivity index (χ2v) is 14.9. The van der Waals surface area contributed by atoms with Gasteiger partial charge in [-0.25, -0.2) is 14.6 Å². The molecule has 2 aliphatic carbocycles. The number of rotatable bonds is 7. The first-order valence-corrected chi connectivity index (χ1v) is 18.7. The number of thiazole rings is 1. The van der Waals surface area contributed by atoms with Crippen LogP contribution in [0.15, 0.2) is 48.0 Å². The van der Waals surface area contributed by atoms with Gasteiger partial charge in [0.2, 0.25) is 11.8 Å². The summed E-state index contributed by atoms with van der Waals surface area (Å²) in [6.45, 7) is 0.0940. The second-order valence-electron chi connectivity index (χ2n) is 14.0. The van der Waals surface area contributed by atoms with Gasteiger partial charge in [0.25, 0.3) is 0 Å². The summed E-state index contributed by atoms with van der Waals surface area (Å²) < 4.78 is 5.34. The Balaban J connectivity index is 1.21. The van der Waals surface area contributed by atoms with Crippen molar-refractivity contribution in [3.8, 4) is 27.7 Å². The zero-order chi connectivity index (χ0) is 35.5. The van der Waals surface area contributed by atoms with Crippen LogP contribution in [0.4, 0.5) is 4.79 Å². The number of carboxylic acids is 1. The van der Waals surface area contributed by atoms with Gasteiger partial charge in [-0.15, -0.1) is 16.4 Å². The van der Waals surface area contributed by atoms with Crippen molar-refractivity contribution in [2.45, 2.75) is 100 Å². The highest BCUT2D eigenvalue weighted by atomic mass is 32.1. The van der Waals surface area contributed by atoms with Crippen LogP contribution in [0.3, 0.4) is 0 Å². The molecule has 3 aromatic rings. The molecule has 51 heavy (non-hydrogen) atoms. The van der Waals surface area contributed by atoms with Gasteiger partial charge >= 0.3 is 12.0 Å². The predicted molar refractivity (Wildman–Crippen MR) is 189 cm³/mol. The Morgan fingerprint density at radius 2 is 1.78 bits per heavy atom. The molecule has 15 heteroatoms. The zero-order valence-electron chi connectivity index (χ0n) is 28.6. The summed E-state index contributed by atoms with van der Waals surface area (Å²) in [5.74, 6) is -1.67. The molecule has 5 atom stereocenters. The van der Waals surface area contributed by atoms with Crippen LogP contribution in [-0.4, -0.2) is 91.1 Å². The molecule has 3 fully saturated rings. The molecule has 0 radical (unpaired) electrons. The van der Waals surface area contributed by atoms with Gasteiger partial charge in [-0.3, -0.25) is 9.59 Å². The average molecular weight is 717 g/mol. The SMILES string of the molecule is COc1ccc(-c2nn([C@H]3C[C@H]4C(=O)N[C@@]5(C(=O)O)C[C@H]5/C=C\CCCCC[C@H](NC(=O)NC5CCCC5)C(=O)N4C3)nc2-c2nccs2)cc1. The summed E-state index contributed by atoms with van der Waals surface area (Å²) in [4.78, 5) is 61.9. The molecule has 1 saturated heterocycles. The number of allylic oxidation sites excluding steroid dienone is 1. The molecule has 2 aromatic heterocycles. The minimum absolute atomic E-state index is 0.0698. The van der Waals surface area contributed by atoms with E-state index >= 15 is 0 Å². The molecule has 0 spiro atoms. The van der Waals surface area contributed by atoms with Gasteiger partial charge in [-0.05, 0) is 62.8 Å². The van der Waals surface area contributed by atoms with E-state index in [9.17, 15) is 24.3 Å². The summed E-state index contributed by atoms with van der Waals surface area (Å²) in [5, 5.41) is 31.3. The van der Waals surface area contributed by atoms with Crippen LogP contribution in [0, 0.1) is 5.92 Å². The molecule has 2 saturated carbocycles. The van der Waals surface area contributed by atoms with E-state index in [2.05, 4.69) is 20.9 Å². The Morgan fingerprint density at radius 1 is 1.02 bits per heavy atom. The lowest BCUT2D eigenvalue weighted by molar-refractivity contribution is -0.145. The lowest BCUT2D eigenvalue weighted by Gasteiger charge is -2.30. The van der Waals surface area contributed by atoms with E-state index in [1.165, 1.54) is 16.2 Å². The fourth-order valence-electron chi connectivity index (χ4n) is 7.61. The maximum atomic E-state index is 14.5. The molecule has 0 bridgehead atoms. The smallest absolute Gasteiger partial charge is 0.330 e. The van der Waals surface area contributed by atoms with Crippen LogP contribution in [0.1, 0.15) is 76.7 Å². The first-order valence-electron chi connectivity index (χ1n) is 17.9. The molecule has 4 heterocycles. The summed E-state index contributed by atoms with van der Waals surface area (Å²) in [7, 11) is 1.60. The molecular weight excluding hydrogens is 673 g/mol. The number of urea groups is 1. The van der Waals surface area contributed by atoms with Gasteiger partial charge in [0.1, 0.15) is 39.8 Å². The van der Waals surface area contributed by atoms with Crippen LogP contribution in [0.25, 0.3) is 22.0 Å². The molecule has 4 amide bonds. The highest BCUT2D eigenvalue weighted by molar-refractivity contribution is 7.13. The maximum Gasteiger partial charge on any atom is 0.330 e. The van der Waals surface area contributed by atoms with Gasteiger partial charge in [0.05, 0.1) is 13.2 Å². The van der Waals surface area contributed by atoms with Crippen molar-refractivity contribution >= 4 is 35.2 Å². The second kappa shape index (κ2) is 14.8. The minimum Gasteiger partial charge on any atom is -0.497 e. The normalized spacial score (nSPS) is 27.7.